The predicted octanol–water partition coefficient (Wildman–Crippen LogP) is 2.04. The number of nitrogens with zero attached hydrogens (tertiary/aromatic N) is 1. The quantitative estimate of drug-likeness (QED) is 0.431. The molecule has 0 N–H and O–H groups in total. The van der Waals surface area contributed by atoms with Gasteiger partial charge in [0.25, 0.3) is 11.9 Å². The topological polar surface area (TPSA) is 22.1 Å². The first kappa shape index (κ1) is 11.3. The number of hydrogen-bond donors (Lipinski definition) is 0. The van der Waals surface area contributed by atoms with E-state index in [1.165, 1.54) is 6.92 Å². The van der Waals surface area contributed by atoms with Crippen molar-refractivity contribution in [2.75, 3.05) is 0 Å². The van der Waals surface area contributed by atoms with Crippen molar-refractivity contribution in [1.29, 1.82) is 0 Å². The summed E-state index contributed by atoms with van der Waals surface area (Å²) in [5, 5.41) is 0. The van der Waals surface area contributed by atoms with Gasteiger partial charge in [-0.25, -0.2) is 0 Å². The normalized spacial score (nSPS) is 12.0. The third-order valence-corrected chi connectivity index (χ3v) is 1.49. The molecule has 6 heteroatoms. The molecule has 2 nitrogen and oxygen atoms in total. The smallest absolute Gasteiger partial charge is 0.255 e. The lowest BCUT2D eigenvalue weighted by molar-refractivity contribution is 0.236. The summed E-state index contributed by atoms with van der Waals surface area (Å²) in [4.78, 5) is 2.35. The van der Waals surface area contributed by atoms with Crippen molar-refractivity contribution in [1.82, 2.24) is 4.98 Å². The fourth-order valence-electron chi connectivity index (χ4n) is 0.782. The molecule has 0 bridgehead atoms. The molecule has 1 unspecified atom stereocenters. The van der Waals surface area contributed by atoms with Crippen molar-refractivity contribution in [2.45, 2.75) is 13.0 Å². The molecular formula is C9H5F4NO. The Labute approximate surface area is 82.9 Å². The SMILES string of the molecule is C#CC(C)Oc1c(F)c(F)nc(F)c1F. The standard InChI is InChI=1S/C9H5F4NO/c1-3-4(2)15-7-5(10)8(12)14-9(13)6(7)11/h1,4H,2H3. The molecule has 0 aliphatic rings. The fraction of sp³-hybridized carbons (Fsp3) is 0.222. The Hall–Kier alpha value is -1.77. The minimum atomic E-state index is -1.78. The van der Waals surface area contributed by atoms with Gasteiger partial charge in [-0.05, 0) is 6.92 Å². The number of hydrogen-bond acceptors (Lipinski definition) is 2. The summed E-state index contributed by atoms with van der Waals surface area (Å²) in [5.74, 6) is -6.21. The maximum absolute atomic E-state index is 12.9. The van der Waals surface area contributed by atoms with Gasteiger partial charge in [0.15, 0.2) is 6.10 Å². The summed E-state index contributed by atoms with van der Waals surface area (Å²) >= 11 is 0. The summed E-state index contributed by atoms with van der Waals surface area (Å²) in [6.07, 6.45) is 3.85. The van der Waals surface area contributed by atoms with Gasteiger partial charge in [0, 0.05) is 0 Å². The molecule has 0 saturated heterocycles. The van der Waals surface area contributed by atoms with Crippen LogP contribution in [0.25, 0.3) is 0 Å². The van der Waals surface area contributed by atoms with Gasteiger partial charge < -0.3 is 4.74 Å². The summed E-state index contributed by atoms with van der Waals surface area (Å²) in [6.45, 7) is 1.29. The first-order valence-electron chi connectivity index (χ1n) is 3.80. The molecular weight excluding hydrogens is 214 g/mol. The van der Waals surface area contributed by atoms with Gasteiger partial charge in [-0.1, -0.05) is 5.92 Å². The molecule has 0 saturated carbocycles. The van der Waals surface area contributed by atoms with Gasteiger partial charge in [0.2, 0.25) is 17.4 Å². The number of pyridine rings is 1. The molecule has 1 aromatic rings. The average Bonchev–Trinajstić information content (AvgIpc) is 2.21. The van der Waals surface area contributed by atoms with E-state index in [-0.39, 0.29) is 0 Å². The minimum absolute atomic E-state index is 1.02. The molecule has 80 valence electrons. The monoisotopic (exact) mass is 219 g/mol. The molecule has 0 aliphatic carbocycles. The lowest BCUT2D eigenvalue weighted by Gasteiger charge is -2.10. The lowest BCUT2D eigenvalue weighted by atomic mass is 10.3. The van der Waals surface area contributed by atoms with Crippen LogP contribution in [0.3, 0.4) is 0 Å². The van der Waals surface area contributed by atoms with E-state index in [9.17, 15) is 17.6 Å². The Kier molecular flexibility index (Phi) is 3.14. The van der Waals surface area contributed by atoms with E-state index in [1.54, 1.807) is 0 Å². The van der Waals surface area contributed by atoms with E-state index in [0.717, 1.165) is 0 Å². The zero-order chi connectivity index (χ0) is 11.6. The van der Waals surface area contributed by atoms with E-state index < -0.39 is 35.4 Å². The van der Waals surface area contributed by atoms with E-state index >= 15 is 0 Å². The van der Waals surface area contributed by atoms with Crippen molar-refractivity contribution >= 4 is 0 Å². The van der Waals surface area contributed by atoms with Crippen molar-refractivity contribution in [3.63, 3.8) is 0 Å². The van der Waals surface area contributed by atoms with E-state index in [2.05, 4.69) is 9.72 Å². The Morgan fingerprint density at radius 2 is 1.67 bits per heavy atom. The number of halogens is 4. The van der Waals surface area contributed by atoms with Crippen LogP contribution in [0, 0.1) is 35.9 Å². The van der Waals surface area contributed by atoms with Crippen LogP contribution in [-0.2, 0) is 0 Å². The van der Waals surface area contributed by atoms with Crippen molar-refractivity contribution in [3.05, 3.63) is 23.5 Å². The third kappa shape index (κ3) is 2.18. The number of ether oxygens (including phenoxy) is 1. The Morgan fingerprint density at radius 1 is 1.20 bits per heavy atom. The molecule has 1 heterocycles. The molecule has 0 aliphatic heterocycles. The zero-order valence-electron chi connectivity index (χ0n) is 7.52. The largest absolute Gasteiger partial charge is 0.472 e. The fourth-order valence-corrected chi connectivity index (χ4v) is 0.782. The maximum atomic E-state index is 12.9. The van der Waals surface area contributed by atoms with E-state index in [1.807, 2.05) is 5.92 Å². The van der Waals surface area contributed by atoms with Crippen LogP contribution in [0.5, 0.6) is 5.75 Å². The second-order valence-corrected chi connectivity index (χ2v) is 2.58. The highest BCUT2D eigenvalue weighted by Gasteiger charge is 2.23. The molecule has 0 spiro atoms. The minimum Gasteiger partial charge on any atom is -0.472 e. The Balaban J connectivity index is 3.22. The van der Waals surface area contributed by atoms with Crippen LogP contribution in [0.15, 0.2) is 0 Å². The van der Waals surface area contributed by atoms with E-state index in [4.69, 9.17) is 6.42 Å². The number of terminal acetylenes is 1. The first-order chi connectivity index (χ1) is 6.97. The van der Waals surface area contributed by atoms with Crippen LogP contribution in [0.4, 0.5) is 17.6 Å². The maximum Gasteiger partial charge on any atom is 0.255 e. The third-order valence-electron chi connectivity index (χ3n) is 1.49. The summed E-state index contributed by atoms with van der Waals surface area (Å²) in [5.41, 5.74) is 0. The predicted molar refractivity (Wildman–Crippen MR) is 43.0 cm³/mol. The summed E-state index contributed by atoms with van der Waals surface area (Å²) in [7, 11) is 0. The number of rotatable bonds is 2. The van der Waals surface area contributed by atoms with Gasteiger partial charge in [-0.2, -0.15) is 22.5 Å². The summed E-state index contributed by atoms with van der Waals surface area (Å²) < 4.78 is 55.4. The highest BCUT2D eigenvalue weighted by molar-refractivity contribution is 5.25. The van der Waals surface area contributed by atoms with Crippen LogP contribution in [0.1, 0.15) is 6.92 Å². The molecule has 1 aromatic heterocycles. The molecule has 1 rings (SSSR count). The van der Waals surface area contributed by atoms with Gasteiger partial charge in [-0.3, -0.25) is 0 Å². The van der Waals surface area contributed by atoms with Gasteiger partial charge >= 0.3 is 0 Å². The van der Waals surface area contributed by atoms with Crippen LogP contribution in [-0.4, -0.2) is 11.1 Å². The number of aromatic nitrogens is 1. The van der Waals surface area contributed by atoms with Crippen LogP contribution < -0.4 is 4.74 Å². The average molecular weight is 219 g/mol. The zero-order valence-corrected chi connectivity index (χ0v) is 7.52. The van der Waals surface area contributed by atoms with Crippen LogP contribution >= 0.6 is 0 Å². The molecule has 0 amide bonds. The van der Waals surface area contributed by atoms with E-state index in [0.29, 0.717) is 0 Å². The summed E-state index contributed by atoms with van der Waals surface area (Å²) in [6, 6.07) is 0. The highest BCUT2D eigenvalue weighted by atomic mass is 19.2. The molecule has 1 atom stereocenters. The van der Waals surface area contributed by atoms with Crippen molar-refractivity contribution in [2.24, 2.45) is 0 Å². The van der Waals surface area contributed by atoms with Gasteiger partial charge in [0.1, 0.15) is 0 Å². The van der Waals surface area contributed by atoms with Crippen molar-refractivity contribution < 1.29 is 22.3 Å². The molecule has 0 radical (unpaired) electrons. The molecule has 0 aromatic carbocycles. The lowest BCUT2D eigenvalue weighted by Crippen LogP contribution is -2.13. The van der Waals surface area contributed by atoms with Gasteiger partial charge in [-0.15, -0.1) is 6.42 Å². The van der Waals surface area contributed by atoms with Gasteiger partial charge in [0.05, 0.1) is 0 Å². The molecule has 15 heavy (non-hydrogen) atoms. The Bertz CT molecular complexity index is 401. The van der Waals surface area contributed by atoms with Crippen LogP contribution in [0.2, 0.25) is 0 Å². The van der Waals surface area contributed by atoms with Crippen molar-refractivity contribution in [3.8, 4) is 18.1 Å². The Morgan fingerprint density at radius 3 is 2.07 bits per heavy atom. The second-order valence-electron chi connectivity index (χ2n) is 2.58. The first-order valence-corrected chi connectivity index (χ1v) is 3.80. The second kappa shape index (κ2) is 4.17. The molecule has 0 fully saturated rings. The highest BCUT2D eigenvalue weighted by Crippen LogP contribution is 2.25.